The number of amides is 2. The SMILES string of the molecule is C=CCOC(=O)N(C[C@@H]1C[C@H](SC(=O)OC(C)(C)C)CN1)c1ccc(-c2ccccc2)c(C(=O)N[C@@H](CCSC)C(=O)O)c1. The van der Waals surface area contributed by atoms with E-state index in [2.05, 4.69) is 17.2 Å². The van der Waals surface area contributed by atoms with Crippen LogP contribution in [0.4, 0.5) is 15.3 Å². The van der Waals surface area contributed by atoms with E-state index in [1.807, 2.05) is 57.4 Å². The number of carbonyl (C=O) groups excluding carboxylic acids is 3. The summed E-state index contributed by atoms with van der Waals surface area (Å²) in [6.07, 6.45) is 3.57. The van der Waals surface area contributed by atoms with Crippen molar-refractivity contribution in [1.29, 1.82) is 0 Å². The Balaban J connectivity index is 1.92. The predicted octanol–water partition coefficient (Wildman–Crippen LogP) is 5.82. The number of rotatable bonds is 13. The lowest BCUT2D eigenvalue weighted by Gasteiger charge is -2.26. The van der Waals surface area contributed by atoms with E-state index >= 15 is 0 Å². The number of hydrogen-bond donors (Lipinski definition) is 3. The van der Waals surface area contributed by atoms with E-state index in [0.29, 0.717) is 30.0 Å². The van der Waals surface area contributed by atoms with Crippen LogP contribution >= 0.6 is 23.5 Å². The van der Waals surface area contributed by atoms with Gasteiger partial charge in [0.15, 0.2) is 0 Å². The summed E-state index contributed by atoms with van der Waals surface area (Å²) in [5.74, 6) is -1.12. The molecule has 3 atom stereocenters. The summed E-state index contributed by atoms with van der Waals surface area (Å²) in [6.45, 7) is 9.83. The van der Waals surface area contributed by atoms with Crippen molar-refractivity contribution in [2.24, 2.45) is 0 Å². The Bertz CT molecular complexity index is 1320. The second kappa shape index (κ2) is 16.6. The summed E-state index contributed by atoms with van der Waals surface area (Å²) in [5, 5.41) is 15.4. The summed E-state index contributed by atoms with van der Waals surface area (Å²) in [6, 6.07) is 13.1. The number of hydrogen-bond acceptors (Lipinski definition) is 9. The Morgan fingerprint density at radius 3 is 2.55 bits per heavy atom. The maximum Gasteiger partial charge on any atom is 0.414 e. The summed E-state index contributed by atoms with van der Waals surface area (Å²) < 4.78 is 10.8. The number of carbonyl (C=O) groups is 4. The Labute approximate surface area is 267 Å². The van der Waals surface area contributed by atoms with Crippen molar-refractivity contribution in [2.45, 2.75) is 56.5 Å². The molecule has 0 saturated carbocycles. The van der Waals surface area contributed by atoms with Gasteiger partial charge in [-0.1, -0.05) is 49.1 Å². The van der Waals surface area contributed by atoms with E-state index in [4.69, 9.17) is 9.47 Å². The number of thioether (sulfide) groups is 2. The molecule has 3 N–H and O–H groups in total. The molecule has 3 rings (SSSR count). The number of aliphatic carboxylic acids is 1. The number of ether oxygens (including phenoxy) is 2. The molecule has 10 nitrogen and oxygen atoms in total. The smallest absolute Gasteiger partial charge is 0.414 e. The van der Waals surface area contributed by atoms with Gasteiger partial charge < -0.3 is 25.2 Å². The van der Waals surface area contributed by atoms with Crippen molar-refractivity contribution < 1.29 is 33.8 Å². The third kappa shape index (κ3) is 10.6. The van der Waals surface area contributed by atoms with Crippen molar-refractivity contribution >= 4 is 52.5 Å². The molecule has 238 valence electrons. The maximum atomic E-state index is 13.6. The van der Waals surface area contributed by atoms with Crippen molar-refractivity contribution in [2.75, 3.05) is 36.6 Å². The van der Waals surface area contributed by atoms with Gasteiger partial charge in [-0.2, -0.15) is 11.8 Å². The standard InChI is InChI=1S/C32H41N3O7S2/c1-6-15-41-30(39)35(20-22-17-24(19-33-22)44-31(40)42-32(2,3)4)23-12-13-25(21-10-8-7-9-11-21)26(18-23)28(36)34-27(29(37)38)14-16-43-5/h6-13,18,22,24,27,33H,1,14-17,19-20H2,2-5H3,(H,34,36)(H,37,38)/t22-,24-,27-/m0/s1. The molecule has 0 unspecified atom stereocenters. The third-order valence-corrected chi connectivity index (χ3v) is 8.25. The molecule has 0 radical (unpaired) electrons. The van der Waals surface area contributed by atoms with Crippen LogP contribution in [0.1, 0.15) is 44.0 Å². The molecule has 44 heavy (non-hydrogen) atoms. The van der Waals surface area contributed by atoms with Gasteiger partial charge >= 0.3 is 17.4 Å². The Hall–Kier alpha value is -3.48. The normalized spacial score (nSPS) is 16.9. The first-order chi connectivity index (χ1) is 20.9. The van der Waals surface area contributed by atoms with Crippen molar-refractivity contribution in [1.82, 2.24) is 10.6 Å². The average Bonchev–Trinajstić information content (AvgIpc) is 3.42. The lowest BCUT2D eigenvalue weighted by Crippen LogP contribution is -2.42. The summed E-state index contributed by atoms with van der Waals surface area (Å²) in [4.78, 5) is 52.6. The van der Waals surface area contributed by atoms with Crippen molar-refractivity contribution in [3.8, 4) is 11.1 Å². The van der Waals surface area contributed by atoms with Gasteiger partial charge in [0.05, 0.1) is 0 Å². The van der Waals surface area contributed by atoms with Crippen LogP contribution in [0.25, 0.3) is 11.1 Å². The number of carboxylic acid groups (broad SMARTS) is 1. The molecule has 2 amide bonds. The van der Waals surface area contributed by atoms with Crippen molar-refractivity contribution in [3.05, 3.63) is 66.7 Å². The lowest BCUT2D eigenvalue weighted by molar-refractivity contribution is -0.139. The monoisotopic (exact) mass is 643 g/mol. The third-order valence-electron chi connectivity index (χ3n) is 6.64. The summed E-state index contributed by atoms with van der Waals surface area (Å²) in [5.41, 5.74) is 1.40. The van der Waals surface area contributed by atoms with Crippen LogP contribution in [-0.2, 0) is 14.3 Å². The van der Waals surface area contributed by atoms with Crippen LogP contribution in [0, 0.1) is 0 Å². The van der Waals surface area contributed by atoms with Gasteiger partial charge in [-0.25, -0.2) is 14.4 Å². The first kappa shape index (κ1) is 35.0. The molecule has 2 aromatic rings. The molecular formula is C32H41N3O7S2. The van der Waals surface area contributed by atoms with Crippen LogP contribution in [0.5, 0.6) is 0 Å². The topological polar surface area (TPSA) is 134 Å². The molecule has 0 aromatic heterocycles. The second-order valence-corrected chi connectivity index (χ2v) is 13.5. The zero-order valence-corrected chi connectivity index (χ0v) is 27.2. The van der Waals surface area contributed by atoms with E-state index in [9.17, 15) is 24.3 Å². The van der Waals surface area contributed by atoms with E-state index in [0.717, 1.165) is 17.3 Å². The maximum absolute atomic E-state index is 13.6. The second-order valence-electron chi connectivity index (χ2n) is 11.3. The predicted molar refractivity (Wildman–Crippen MR) is 177 cm³/mol. The molecule has 1 fully saturated rings. The molecule has 1 heterocycles. The lowest BCUT2D eigenvalue weighted by atomic mass is 9.97. The number of benzene rings is 2. The van der Waals surface area contributed by atoms with E-state index in [1.54, 1.807) is 18.2 Å². The minimum Gasteiger partial charge on any atom is -0.480 e. The van der Waals surface area contributed by atoms with Crippen LogP contribution in [0.3, 0.4) is 0 Å². The fourth-order valence-electron chi connectivity index (χ4n) is 4.62. The largest absolute Gasteiger partial charge is 0.480 e. The minimum absolute atomic E-state index is 0.00424. The van der Waals surface area contributed by atoms with Crippen LogP contribution < -0.4 is 15.5 Å². The highest BCUT2D eigenvalue weighted by Gasteiger charge is 2.32. The van der Waals surface area contributed by atoms with Crippen LogP contribution in [0.15, 0.2) is 61.2 Å². The summed E-state index contributed by atoms with van der Waals surface area (Å²) in [7, 11) is 0. The molecule has 2 aromatic carbocycles. The number of carboxylic acids is 1. The fraction of sp³-hybridized carbons (Fsp3) is 0.438. The first-order valence-electron chi connectivity index (χ1n) is 14.3. The Kier molecular flexibility index (Phi) is 13.2. The van der Waals surface area contributed by atoms with Gasteiger partial charge in [0, 0.05) is 35.6 Å². The molecular weight excluding hydrogens is 603 g/mol. The minimum atomic E-state index is -1.12. The Morgan fingerprint density at radius 1 is 1.18 bits per heavy atom. The number of nitrogens with zero attached hydrogens (tertiary/aromatic N) is 1. The molecule has 0 aliphatic carbocycles. The van der Waals surface area contributed by atoms with Gasteiger partial charge in [-0.3, -0.25) is 9.69 Å². The van der Waals surface area contributed by atoms with E-state index in [1.165, 1.54) is 22.7 Å². The number of anilines is 1. The van der Waals surface area contributed by atoms with Crippen LogP contribution in [0.2, 0.25) is 0 Å². The highest BCUT2D eigenvalue weighted by molar-refractivity contribution is 8.13. The molecule has 1 aliphatic heterocycles. The first-order valence-corrected chi connectivity index (χ1v) is 16.6. The van der Waals surface area contributed by atoms with Gasteiger partial charge in [0.25, 0.3) is 5.91 Å². The van der Waals surface area contributed by atoms with E-state index < -0.39 is 29.6 Å². The highest BCUT2D eigenvalue weighted by atomic mass is 32.2. The van der Waals surface area contributed by atoms with E-state index in [-0.39, 0.29) is 41.7 Å². The zero-order chi connectivity index (χ0) is 32.3. The quantitative estimate of drug-likeness (QED) is 0.181. The fourth-order valence-corrected chi connectivity index (χ4v) is 6.17. The highest BCUT2D eigenvalue weighted by Crippen LogP contribution is 2.31. The average molecular weight is 644 g/mol. The molecule has 1 saturated heterocycles. The van der Waals surface area contributed by atoms with Crippen LogP contribution in [-0.4, -0.2) is 83.0 Å². The molecule has 1 aliphatic rings. The number of nitrogens with one attached hydrogen (secondary N) is 2. The molecule has 0 spiro atoms. The van der Waals surface area contributed by atoms with Crippen molar-refractivity contribution in [3.63, 3.8) is 0 Å². The zero-order valence-electron chi connectivity index (χ0n) is 25.5. The van der Waals surface area contributed by atoms with Gasteiger partial charge in [0.1, 0.15) is 18.2 Å². The van der Waals surface area contributed by atoms with Gasteiger partial charge in [-0.05, 0) is 80.6 Å². The molecule has 12 heteroatoms. The summed E-state index contributed by atoms with van der Waals surface area (Å²) >= 11 is 2.62. The molecule has 0 bridgehead atoms. The Morgan fingerprint density at radius 2 is 1.91 bits per heavy atom. The van der Waals surface area contributed by atoms with Gasteiger partial charge in [-0.15, -0.1) is 0 Å². The van der Waals surface area contributed by atoms with Gasteiger partial charge in [0.2, 0.25) is 0 Å².